The number of hydrogen-bond donors (Lipinski definition) is 0. The lowest BCUT2D eigenvalue weighted by Crippen LogP contribution is -2.36. The van der Waals surface area contributed by atoms with Crippen molar-refractivity contribution in [1.82, 2.24) is 4.90 Å². The van der Waals surface area contributed by atoms with Crippen LogP contribution in [0, 0.1) is 6.92 Å². The largest absolute Gasteiger partial charge is 0.356 e. The second-order valence-electron chi connectivity index (χ2n) is 4.70. The Morgan fingerprint density at radius 2 is 2.06 bits per heavy atom. The fourth-order valence-electron chi connectivity index (χ4n) is 2.55. The molecule has 0 bridgehead atoms. The average Bonchev–Trinajstić information content (AvgIpc) is 2.34. The Balaban J connectivity index is 2.15. The van der Waals surface area contributed by atoms with Crippen LogP contribution in [0.5, 0.6) is 0 Å². The Bertz CT molecular complexity index is 509. The van der Waals surface area contributed by atoms with Crippen molar-refractivity contribution in [1.29, 1.82) is 0 Å². The Morgan fingerprint density at radius 1 is 1.24 bits per heavy atom. The van der Waals surface area contributed by atoms with Crippen LogP contribution in [-0.2, 0) is 6.54 Å². The first-order valence-electron chi connectivity index (χ1n) is 5.97. The minimum atomic E-state index is 0.711. The highest BCUT2D eigenvalue weighted by molar-refractivity contribution is 6.36. The summed E-state index contributed by atoms with van der Waals surface area (Å²) in [5, 5.41) is 1.45. The quantitative estimate of drug-likeness (QED) is 0.684. The maximum atomic E-state index is 6.27. The number of rotatable bonds is 0. The molecule has 1 fully saturated rings. The average molecular weight is 269 g/mol. The van der Waals surface area contributed by atoms with Crippen LogP contribution in [0.3, 0.4) is 0 Å². The van der Waals surface area contributed by atoms with E-state index < -0.39 is 0 Å². The summed E-state index contributed by atoms with van der Waals surface area (Å²) in [6.45, 7) is 3.99. The van der Waals surface area contributed by atoms with Crippen molar-refractivity contribution in [3.05, 3.63) is 27.2 Å². The smallest absolute Gasteiger partial charge is 0.105 e. The van der Waals surface area contributed by atoms with Crippen LogP contribution in [0.4, 0.5) is 5.69 Å². The van der Waals surface area contributed by atoms with Gasteiger partial charge in [0.2, 0.25) is 0 Å². The monoisotopic (exact) mass is 268 g/mol. The van der Waals surface area contributed by atoms with Crippen molar-refractivity contribution in [3.63, 3.8) is 0 Å². The van der Waals surface area contributed by atoms with E-state index >= 15 is 0 Å². The maximum Gasteiger partial charge on any atom is 0.105 e. The third-order valence-electron chi connectivity index (χ3n) is 3.57. The van der Waals surface area contributed by atoms with Gasteiger partial charge >= 0.3 is 0 Å². The minimum absolute atomic E-state index is 0.711. The third kappa shape index (κ3) is 1.84. The highest BCUT2D eigenvalue weighted by Gasteiger charge is 2.25. The number of amidine groups is 1. The van der Waals surface area contributed by atoms with Crippen LogP contribution in [0.2, 0.25) is 10.0 Å². The zero-order valence-electron chi connectivity index (χ0n) is 9.76. The second-order valence-corrected chi connectivity index (χ2v) is 5.51. The number of fused-ring (bicyclic) bond motifs is 2. The van der Waals surface area contributed by atoms with Crippen molar-refractivity contribution < 1.29 is 0 Å². The molecule has 3 rings (SSSR count). The third-order valence-corrected chi connectivity index (χ3v) is 4.30. The van der Waals surface area contributed by atoms with Crippen LogP contribution in [0.15, 0.2) is 11.1 Å². The zero-order valence-corrected chi connectivity index (χ0v) is 11.3. The molecule has 0 saturated carbocycles. The van der Waals surface area contributed by atoms with Gasteiger partial charge in [0.15, 0.2) is 0 Å². The van der Waals surface area contributed by atoms with E-state index in [4.69, 9.17) is 28.2 Å². The molecule has 2 aliphatic heterocycles. The predicted octanol–water partition coefficient (Wildman–Crippen LogP) is 4.33. The van der Waals surface area contributed by atoms with Crippen LogP contribution in [-0.4, -0.2) is 17.3 Å². The van der Waals surface area contributed by atoms with Gasteiger partial charge in [0.1, 0.15) is 5.84 Å². The molecule has 0 unspecified atom stereocenters. The van der Waals surface area contributed by atoms with Crippen LogP contribution in [0.1, 0.15) is 30.4 Å². The van der Waals surface area contributed by atoms with Crippen molar-refractivity contribution in [2.24, 2.45) is 4.99 Å². The van der Waals surface area contributed by atoms with E-state index in [1.54, 1.807) is 0 Å². The molecule has 2 heterocycles. The summed E-state index contributed by atoms with van der Waals surface area (Å²) >= 11 is 12.4. The van der Waals surface area contributed by atoms with E-state index in [-0.39, 0.29) is 0 Å². The highest BCUT2D eigenvalue weighted by atomic mass is 35.5. The highest BCUT2D eigenvalue weighted by Crippen LogP contribution is 2.40. The van der Waals surface area contributed by atoms with Gasteiger partial charge in [-0.25, -0.2) is 4.99 Å². The normalized spacial score (nSPS) is 18.5. The number of aliphatic imine (C=N–C) groups is 1. The molecular formula is C13H14Cl2N2. The van der Waals surface area contributed by atoms with Crippen LogP contribution >= 0.6 is 23.2 Å². The number of benzene rings is 1. The van der Waals surface area contributed by atoms with Crippen molar-refractivity contribution in [2.75, 3.05) is 6.54 Å². The lowest BCUT2D eigenvalue weighted by Gasteiger charge is -2.34. The molecule has 0 N–H and O–H groups in total. The SMILES string of the molecule is Cc1c(Cl)cc(Cl)c2c1N=C1CCCCN1C2. The summed E-state index contributed by atoms with van der Waals surface area (Å²) in [6.07, 6.45) is 3.56. The fraction of sp³-hybridized carbons (Fsp3) is 0.462. The molecule has 2 aliphatic rings. The molecule has 17 heavy (non-hydrogen) atoms. The summed E-state index contributed by atoms with van der Waals surface area (Å²) in [5.41, 5.74) is 3.17. The maximum absolute atomic E-state index is 6.27. The second kappa shape index (κ2) is 4.18. The topological polar surface area (TPSA) is 15.6 Å². The number of nitrogens with zero attached hydrogens (tertiary/aromatic N) is 2. The van der Waals surface area contributed by atoms with Crippen LogP contribution < -0.4 is 0 Å². The molecule has 1 saturated heterocycles. The molecule has 1 aromatic rings. The number of halogens is 2. The summed E-state index contributed by atoms with van der Waals surface area (Å²) < 4.78 is 0. The van der Waals surface area contributed by atoms with Gasteiger partial charge in [-0.15, -0.1) is 0 Å². The molecule has 0 amide bonds. The van der Waals surface area contributed by atoms with Gasteiger partial charge in [-0.3, -0.25) is 0 Å². The fourth-order valence-corrected chi connectivity index (χ4v) is 3.06. The van der Waals surface area contributed by atoms with E-state index in [0.717, 1.165) is 41.3 Å². The van der Waals surface area contributed by atoms with E-state index in [1.165, 1.54) is 18.7 Å². The van der Waals surface area contributed by atoms with Gasteiger partial charge in [0, 0.05) is 35.1 Å². The summed E-state index contributed by atoms with van der Waals surface area (Å²) in [6, 6.07) is 1.84. The van der Waals surface area contributed by atoms with E-state index in [1.807, 2.05) is 13.0 Å². The molecule has 0 aliphatic carbocycles. The van der Waals surface area contributed by atoms with Crippen LogP contribution in [0.25, 0.3) is 0 Å². The first-order valence-corrected chi connectivity index (χ1v) is 6.72. The van der Waals surface area contributed by atoms with Crippen molar-refractivity contribution in [2.45, 2.75) is 32.7 Å². The zero-order chi connectivity index (χ0) is 12.0. The predicted molar refractivity (Wildman–Crippen MR) is 72.6 cm³/mol. The summed E-state index contributed by atoms with van der Waals surface area (Å²) in [5.74, 6) is 1.20. The molecule has 0 aromatic heterocycles. The molecule has 4 heteroatoms. The Hall–Kier alpha value is -0.730. The number of hydrogen-bond acceptors (Lipinski definition) is 2. The van der Waals surface area contributed by atoms with E-state index in [2.05, 4.69) is 4.90 Å². The van der Waals surface area contributed by atoms with Crippen molar-refractivity contribution >= 4 is 34.7 Å². The summed E-state index contributed by atoms with van der Waals surface area (Å²) in [7, 11) is 0. The van der Waals surface area contributed by atoms with Gasteiger partial charge in [-0.05, 0) is 31.4 Å². The minimum Gasteiger partial charge on any atom is -0.356 e. The Labute approximate surface area is 111 Å². The molecule has 2 nitrogen and oxygen atoms in total. The van der Waals surface area contributed by atoms with E-state index in [0.29, 0.717) is 5.02 Å². The lowest BCUT2D eigenvalue weighted by atomic mass is 10.0. The number of piperidine rings is 1. The van der Waals surface area contributed by atoms with Crippen molar-refractivity contribution in [3.8, 4) is 0 Å². The summed E-state index contributed by atoms with van der Waals surface area (Å²) in [4.78, 5) is 7.10. The molecule has 0 radical (unpaired) electrons. The van der Waals surface area contributed by atoms with Gasteiger partial charge in [-0.2, -0.15) is 0 Å². The molecular weight excluding hydrogens is 255 g/mol. The standard InChI is InChI=1S/C13H14Cl2N2/c1-8-10(14)6-11(15)9-7-17-5-3-2-4-12(17)16-13(8)9/h6H,2-5,7H2,1H3. The van der Waals surface area contributed by atoms with E-state index in [9.17, 15) is 0 Å². The van der Waals surface area contributed by atoms with Gasteiger partial charge in [-0.1, -0.05) is 23.2 Å². The van der Waals surface area contributed by atoms with Gasteiger partial charge < -0.3 is 4.90 Å². The van der Waals surface area contributed by atoms with Gasteiger partial charge in [0.05, 0.1) is 5.69 Å². The molecule has 90 valence electrons. The Kier molecular flexibility index (Phi) is 2.80. The Morgan fingerprint density at radius 3 is 2.88 bits per heavy atom. The molecule has 0 spiro atoms. The first kappa shape index (κ1) is 11.4. The first-order chi connectivity index (χ1) is 8.16. The van der Waals surface area contributed by atoms with Gasteiger partial charge in [0.25, 0.3) is 0 Å². The molecule has 0 atom stereocenters. The lowest BCUT2D eigenvalue weighted by molar-refractivity contribution is 0.359. The molecule has 1 aromatic carbocycles.